The number of guanidine groups is 1. The van der Waals surface area contributed by atoms with Gasteiger partial charge in [-0.2, -0.15) is 0 Å². The molecule has 0 saturated carbocycles. The van der Waals surface area contributed by atoms with Crippen LogP contribution in [0.4, 0.5) is 0 Å². The number of hydrogen-bond acceptors (Lipinski definition) is 2. The predicted octanol–water partition coefficient (Wildman–Crippen LogP) is 4.26. The second-order valence-electron chi connectivity index (χ2n) is 6.99. The van der Waals surface area contributed by atoms with E-state index in [0.717, 1.165) is 31.0 Å². The van der Waals surface area contributed by atoms with E-state index in [9.17, 15) is 4.79 Å². The van der Waals surface area contributed by atoms with E-state index in [-0.39, 0.29) is 29.9 Å². The number of amides is 1. The zero-order valence-corrected chi connectivity index (χ0v) is 20.1. The molecule has 0 aliphatic carbocycles. The highest BCUT2D eigenvalue weighted by Gasteiger charge is 2.10. The van der Waals surface area contributed by atoms with Crippen LogP contribution in [0.3, 0.4) is 0 Å². The van der Waals surface area contributed by atoms with Crippen molar-refractivity contribution in [2.75, 3.05) is 27.2 Å². The Morgan fingerprint density at radius 1 is 1.00 bits per heavy atom. The molecular weight excluding hydrogens is 475 g/mol. The minimum absolute atomic E-state index is 0. The molecule has 0 aliphatic rings. The van der Waals surface area contributed by atoms with Crippen LogP contribution >= 0.6 is 24.0 Å². The molecule has 0 aromatic heterocycles. The van der Waals surface area contributed by atoms with Gasteiger partial charge in [0.15, 0.2) is 5.96 Å². The van der Waals surface area contributed by atoms with Crippen LogP contribution in [0.5, 0.6) is 0 Å². The monoisotopic (exact) mass is 508 g/mol. The summed E-state index contributed by atoms with van der Waals surface area (Å²) < 4.78 is 0. The van der Waals surface area contributed by atoms with Gasteiger partial charge in [0.1, 0.15) is 0 Å². The van der Waals surface area contributed by atoms with Gasteiger partial charge in [0.05, 0.1) is 6.54 Å². The Kier molecular flexibility index (Phi) is 11.3. The number of nitrogens with one attached hydrogen (secondary N) is 2. The molecule has 158 valence electrons. The normalized spacial score (nSPS) is 11.9. The van der Waals surface area contributed by atoms with Gasteiger partial charge in [0.2, 0.25) is 0 Å². The Hall–Kier alpha value is -2.09. The highest BCUT2D eigenvalue weighted by molar-refractivity contribution is 14.0. The van der Waals surface area contributed by atoms with Crippen LogP contribution in [-0.4, -0.2) is 44.0 Å². The molecule has 1 unspecified atom stereocenters. The summed E-state index contributed by atoms with van der Waals surface area (Å²) in [6.45, 7) is 6.48. The van der Waals surface area contributed by atoms with E-state index in [1.165, 1.54) is 5.56 Å². The number of rotatable bonds is 8. The molecule has 0 saturated heterocycles. The van der Waals surface area contributed by atoms with Crippen LogP contribution in [0.25, 0.3) is 0 Å². The SMILES string of the molecule is CCNC(=NCc1ccc(C(=O)N(C)C)cc1)NCC(CC)c1ccccc1.I. The summed E-state index contributed by atoms with van der Waals surface area (Å²) >= 11 is 0. The lowest BCUT2D eigenvalue weighted by atomic mass is 9.97. The van der Waals surface area contributed by atoms with Gasteiger partial charge >= 0.3 is 0 Å². The van der Waals surface area contributed by atoms with Crippen LogP contribution in [-0.2, 0) is 6.54 Å². The van der Waals surface area contributed by atoms with Gasteiger partial charge < -0.3 is 15.5 Å². The predicted molar refractivity (Wildman–Crippen MR) is 132 cm³/mol. The van der Waals surface area contributed by atoms with E-state index in [2.05, 4.69) is 48.7 Å². The molecule has 0 fully saturated rings. The number of aliphatic imine (C=N–C) groups is 1. The third-order valence-corrected chi connectivity index (χ3v) is 4.65. The molecule has 0 bridgehead atoms. The first-order chi connectivity index (χ1) is 13.5. The molecule has 6 heteroatoms. The van der Waals surface area contributed by atoms with E-state index < -0.39 is 0 Å². The number of benzene rings is 2. The Balaban J connectivity index is 0.00000420. The van der Waals surface area contributed by atoms with Crippen molar-refractivity contribution in [2.24, 2.45) is 4.99 Å². The molecule has 0 radical (unpaired) electrons. The fraction of sp³-hybridized carbons (Fsp3) is 0.391. The first-order valence-corrected chi connectivity index (χ1v) is 9.92. The lowest BCUT2D eigenvalue weighted by molar-refractivity contribution is 0.0827. The summed E-state index contributed by atoms with van der Waals surface area (Å²) in [4.78, 5) is 18.3. The van der Waals surface area contributed by atoms with Crippen molar-refractivity contribution in [3.63, 3.8) is 0 Å². The van der Waals surface area contributed by atoms with Crippen LogP contribution in [0, 0.1) is 0 Å². The summed E-state index contributed by atoms with van der Waals surface area (Å²) in [5.41, 5.74) is 3.11. The van der Waals surface area contributed by atoms with Crippen LogP contribution < -0.4 is 10.6 Å². The van der Waals surface area contributed by atoms with Crippen LogP contribution in [0.15, 0.2) is 59.6 Å². The molecule has 1 amide bonds. The average Bonchev–Trinajstić information content (AvgIpc) is 2.73. The van der Waals surface area contributed by atoms with E-state index in [4.69, 9.17) is 4.99 Å². The molecule has 29 heavy (non-hydrogen) atoms. The van der Waals surface area contributed by atoms with E-state index in [0.29, 0.717) is 18.0 Å². The molecule has 2 aromatic carbocycles. The molecule has 0 spiro atoms. The largest absolute Gasteiger partial charge is 0.357 e. The second kappa shape index (κ2) is 13.2. The maximum atomic E-state index is 12.0. The maximum absolute atomic E-state index is 12.0. The third-order valence-electron chi connectivity index (χ3n) is 4.65. The second-order valence-corrected chi connectivity index (χ2v) is 6.99. The van der Waals surface area contributed by atoms with E-state index >= 15 is 0 Å². The molecule has 2 aromatic rings. The molecule has 2 N–H and O–H groups in total. The van der Waals surface area contributed by atoms with Gasteiger partial charge in [0, 0.05) is 38.7 Å². The van der Waals surface area contributed by atoms with Gasteiger partial charge in [-0.1, -0.05) is 49.4 Å². The molecule has 0 aliphatic heterocycles. The fourth-order valence-electron chi connectivity index (χ4n) is 2.97. The average molecular weight is 508 g/mol. The molecule has 5 nitrogen and oxygen atoms in total. The lowest BCUT2D eigenvalue weighted by Gasteiger charge is -2.18. The molecule has 1 atom stereocenters. The number of carbonyl (C=O) groups excluding carboxylic acids is 1. The van der Waals surface area contributed by atoms with Gasteiger partial charge in [-0.15, -0.1) is 24.0 Å². The van der Waals surface area contributed by atoms with Crippen molar-refractivity contribution < 1.29 is 4.79 Å². The van der Waals surface area contributed by atoms with Crippen molar-refractivity contribution in [2.45, 2.75) is 32.7 Å². The number of halogens is 1. The first-order valence-electron chi connectivity index (χ1n) is 9.92. The topological polar surface area (TPSA) is 56.7 Å². The summed E-state index contributed by atoms with van der Waals surface area (Å²) in [6.07, 6.45) is 1.07. The standard InChI is InChI=1S/C23H32N4O.HI/c1-5-19(20-10-8-7-9-11-20)17-26-23(24-6-2)25-16-18-12-14-21(15-13-18)22(28)27(3)4;/h7-15,19H,5-6,16-17H2,1-4H3,(H2,24,25,26);1H. The number of hydrogen-bond donors (Lipinski definition) is 2. The molecular formula is C23H33IN4O. The maximum Gasteiger partial charge on any atom is 0.253 e. The van der Waals surface area contributed by atoms with Crippen molar-refractivity contribution in [1.29, 1.82) is 0 Å². The van der Waals surface area contributed by atoms with E-state index in [1.54, 1.807) is 19.0 Å². The van der Waals surface area contributed by atoms with Gasteiger partial charge in [-0.05, 0) is 36.6 Å². The minimum Gasteiger partial charge on any atom is -0.357 e. The quantitative estimate of drug-likeness (QED) is 0.319. The van der Waals surface area contributed by atoms with Crippen LogP contribution in [0.1, 0.15) is 47.7 Å². The zero-order chi connectivity index (χ0) is 20.4. The highest BCUT2D eigenvalue weighted by Crippen LogP contribution is 2.17. The van der Waals surface area contributed by atoms with Gasteiger partial charge in [0.25, 0.3) is 5.91 Å². The Morgan fingerprint density at radius 2 is 1.66 bits per heavy atom. The number of carbonyl (C=O) groups is 1. The summed E-state index contributed by atoms with van der Waals surface area (Å²) in [7, 11) is 3.52. The summed E-state index contributed by atoms with van der Waals surface area (Å²) in [6, 6.07) is 18.2. The lowest BCUT2D eigenvalue weighted by Crippen LogP contribution is -2.39. The van der Waals surface area contributed by atoms with Crippen molar-refractivity contribution in [1.82, 2.24) is 15.5 Å². The Labute approximate surface area is 192 Å². The smallest absolute Gasteiger partial charge is 0.253 e. The van der Waals surface area contributed by atoms with Gasteiger partial charge in [-0.3, -0.25) is 4.79 Å². The highest BCUT2D eigenvalue weighted by atomic mass is 127. The number of nitrogens with zero attached hydrogens (tertiary/aromatic N) is 2. The van der Waals surface area contributed by atoms with Crippen LogP contribution in [0.2, 0.25) is 0 Å². The van der Waals surface area contributed by atoms with Gasteiger partial charge in [-0.25, -0.2) is 4.99 Å². The zero-order valence-electron chi connectivity index (χ0n) is 17.8. The first kappa shape index (κ1) is 24.9. The summed E-state index contributed by atoms with van der Waals surface area (Å²) in [5, 5.41) is 6.77. The third kappa shape index (κ3) is 8.04. The summed E-state index contributed by atoms with van der Waals surface area (Å²) in [5.74, 6) is 1.27. The Bertz CT molecular complexity index is 760. The minimum atomic E-state index is 0. The van der Waals surface area contributed by atoms with E-state index in [1.807, 2.05) is 30.3 Å². The molecule has 0 heterocycles. The van der Waals surface area contributed by atoms with Crippen molar-refractivity contribution in [3.05, 3.63) is 71.3 Å². The fourth-order valence-corrected chi connectivity index (χ4v) is 2.97. The van der Waals surface area contributed by atoms with Crippen molar-refractivity contribution >= 4 is 35.8 Å². The van der Waals surface area contributed by atoms with Crippen molar-refractivity contribution in [3.8, 4) is 0 Å². The molecule has 2 rings (SSSR count). The Morgan fingerprint density at radius 3 is 2.21 bits per heavy atom.